The van der Waals surface area contributed by atoms with Gasteiger partial charge in [-0.2, -0.15) is 0 Å². The standard InChI is InChI=1S/C21H30O4/c22-20(24-16-7-3-1-4-8-16)18-14-11-12-15(13-14)19(18)21(23)25-17-9-5-2-6-10-17/h14-17H,1-13H2/t14-,15?/m0/s1. The van der Waals surface area contributed by atoms with E-state index in [1.54, 1.807) is 0 Å². The van der Waals surface area contributed by atoms with E-state index in [0.29, 0.717) is 11.1 Å². The van der Waals surface area contributed by atoms with Gasteiger partial charge in [-0.15, -0.1) is 0 Å². The average molecular weight is 346 g/mol. The van der Waals surface area contributed by atoms with E-state index in [2.05, 4.69) is 0 Å². The van der Waals surface area contributed by atoms with E-state index >= 15 is 0 Å². The van der Waals surface area contributed by atoms with Crippen LogP contribution >= 0.6 is 0 Å². The second kappa shape index (κ2) is 7.51. The highest BCUT2D eigenvalue weighted by molar-refractivity contribution is 6.02. The Balaban J connectivity index is 1.47. The van der Waals surface area contributed by atoms with Crippen molar-refractivity contribution in [3.63, 3.8) is 0 Å². The van der Waals surface area contributed by atoms with E-state index in [1.807, 2.05) is 0 Å². The highest BCUT2D eigenvalue weighted by Crippen LogP contribution is 2.49. The van der Waals surface area contributed by atoms with E-state index in [9.17, 15) is 9.59 Å². The van der Waals surface area contributed by atoms with E-state index < -0.39 is 0 Å². The monoisotopic (exact) mass is 346 g/mol. The number of hydrogen-bond donors (Lipinski definition) is 0. The van der Waals surface area contributed by atoms with Crippen LogP contribution in [-0.4, -0.2) is 24.1 Å². The average Bonchev–Trinajstić information content (AvgIpc) is 3.24. The maximum atomic E-state index is 12.8. The second-order valence-electron chi connectivity index (χ2n) is 8.36. The first-order chi connectivity index (χ1) is 12.2. The summed E-state index contributed by atoms with van der Waals surface area (Å²) < 4.78 is 11.6. The Kier molecular flexibility index (Phi) is 5.14. The van der Waals surface area contributed by atoms with E-state index in [-0.39, 0.29) is 36.0 Å². The summed E-state index contributed by atoms with van der Waals surface area (Å²) in [7, 11) is 0. The molecule has 0 aliphatic heterocycles. The minimum Gasteiger partial charge on any atom is -0.459 e. The molecule has 25 heavy (non-hydrogen) atoms. The summed E-state index contributed by atoms with van der Waals surface area (Å²) in [5.74, 6) is -0.0191. The molecule has 1 unspecified atom stereocenters. The Morgan fingerprint density at radius 2 is 1.00 bits per heavy atom. The summed E-state index contributed by atoms with van der Waals surface area (Å²) in [6.07, 6.45) is 13.9. The fraction of sp³-hybridized carbons (Fsp3) is 0.810. The molecule has 3 saturated carbocycles. The van der Waals surface area contributed by atoms with Crippen molar-refractivity contribution >= 4 is 11.9 Å². The zero-order valence-corrected chi connectivity index (χ0v) is 15.1. The molecule has 0 radical (unpaired) electrons. The molecular formula is C21H30O4. The molecular weight excluding hydrogens is 316 g/mol. The fourth-order valence-electron chi connectivity index (χ4n) is 5.29. The molecule has 3 fully saturated rings. The molecule has 4 rings (SSSR count). The lowest BCUT2D eigenvalue weighted by Crippen LogP contribution is -2.28. The zero-order valence-electron chi connectivity index (χ0n) is 15.1. The first-order valence-corrected chi connectivity index (χ1v) is 10.4. The van der Waals surface area contributed by atoms with Gasteiger partial charge in [-0.3, -0.25) is 0 Å². The number of fused-ring (bicyclic) bond motifs is 2. The van der Waals surface area contributed by atoms with Crippen LogP contribution < -0.4 is 0 Å². The van der Waals surface area contributed by atoms with Gasteiger partial charge in [0.05, 0.1) is 11.1 Å². The van der Waals surface area contributed by atoms with Crippen molar-refractivity contribution in [1.82, 2.24) is 0 Å². The van der Waals surface area contributed by atoms with Crippen molar-refractivity contribution in [2.75, 3.05) is 0 Å². The van der Waals surface area contributed by atoms with Crippen LogP contribution in [0.4, 0.5) is 0 Å². The van der Waals surface area contributed by atoms with Gasteiger partial charge in [-0.05, 0) is 82.5 Å². The molecule has 0 amide bonds. The van der Waals surface area contributed by atoms with Gasteiger partial charge in [0.15, 0.2) is 0 Å². The number of ether oxygens (including phenoxy) is 2. The van der Waals surface area contributed by atoms with E-state index in [4.69, 9.17) is 9.47 Å². The predicted octanol–water partition coefficient (Wildman–Crippen LogP) is 4.46. The maximum Gasteiger partial charge on any atom is 0.335 e. The highest BCUT2D eigenvalue weighted by Gasteiger charge is 2.46. The Labute approximate surface area is 150 Å². The molecule has 4 aliphatic rings. The quantitative estimate of drug-likeness (QED) is 0.705. The molecule has 2 bridgehead atoms. The molecule has 0 spiro atoms. The lowest BCUT2D eigenvalue weighted by Gasteiger charge is -2.26. The third-order valence-corrected chi connectivity index (χ3v) is 6.63. The summed E-state index contributed by atoms with van der Waals surface area (Å²) in [5, 5.41) is 0. The number of rotatable bonds is 4. The van der Waals surface area contributed by atoms with Crippen molar-refractivity contribution in [3.8, 4) is 0 Å². The lowest BCUT2D eigenvalue weighted by molar-refractivity contribution is -0.149. The third-order valence-electron chi connectivity index (χ3n) is 6.63. The van der Waals surface area contributed by atoms with Crippen molar-refractivity contribution in [2.24, 2.45) is 11.8 Å². The Morgan fingerprint density at radius 1 is 0.600 bits per heavy atom. The maximum absolute atomic E-state index is 12.8. The van der Waals surface area contributed by atoms with Gasteiger partial charge in [0, 0.05) is 0 Å². The number of hydrogen-bond acceptors (Lipinski definition) is 4. The molecule has 4 aliphatic carbocycles. The molecule has 0 saturated heterocycles. The van der Waals surface area contributed by atoms with Crippen LogP contribution in [0.15, 0.2) is 11.1 Å². The van der Waals surface area contributed by atoms with Crippen LogP contribution in [0.2, 0.25) is 0 Å². The molecule has 4 nitrogen and oxygen atoms in total. The molecule has 0 aromatic heterocycles. The summed E-state index contributed by atoms with van der Waals surface area (Å²) >= 11 is 0. The number of carbonyl (C=O) groups is 2. The van der Waals surface area contributed by atoms with Gasteiger partial charge in [0.25, 0.3) is 0 Å². The first-order valence-electron chi connectivity index (χ1n) is 10.4. The third kappa shape index (κ3) is 3.63. The number of carbonyl (C=O) groups excluding carboxylic acids is 2. The van der Waals surface area contributed by atoms with Gasteiger partial charge >= 0.3 is 11.9 Å². The van der Waals surface area contributed by atoms with Gasteiger partial charge in [0.2, 0.25) is 0 Å². The SMILES string of the molecule is O=C(OC1CCCCC1)C1=C(C(=O)OC2CCCCC2)[C@H]2CCC1C2. The fourth-order valence-corrected chi connectivity index (χ4v) is 5.29. The van der Waals surface area contributed by atoms with Crippen molar-refractivity contribution in [2.45, 2.75) is 95.7 Å². The van der Waals surface area contributed by atoms with Crippen LogP contribution in [0.3, 0.4) is 0 Å². The van der Waals surface area contributed by atoms with Crippen molar-refractivity contribution in [3.05, 3.63) is 11.1 Å². The van der Waals surface area contributed by atoms with Crippen LogP contribution in [-0.2, 0) is 19.1 Å². The Morgan fingerprint density at radius 3 is 1.40 bits per heavy atom. The minimum absolute atomic E-state index is 0.0449. The number of esters is 2. The summed E-state index contributed by atoms with van der Waals surface area (Å²) in [4.78, 5) is 25.6. The Bertz CT molecular complexity index is 504. The van der Waals surface area contributed by atoms with Gasteiger partial charge in [0.1, 0.15) is 12.2 Å². The van der Waals surface area contributed by atoms with Crippen molar-refractivity contribution in [1.29, 1.82) is 0 Å². The summed E-state index contributed by atoms with van der Waals surface area (Å²) in [6.45, 7) is 0. The topological polar surface area (TPSA) is 52.6 Å². The van der Waals surface area contributed by atoms with Crippen LogP contribution in [0, 0.1) is 11.8 Å². The molecule has 138 valence electrons. The van der Waals surface area contributed by atoms with E-state index in [1.165, 1.54) is 12.8 Å². The zero-order chi connectivity index (χ0) is 17.2. The molecule has 2 atom stereocenters. The van der Waals surface area contributed by atoms with Crippen LogP contribution in [0.25, 0.3) is 0 Å². The Hall–Kier alpha value is -1.32. The smallest absolute Gasteiger partial charge is 0.335 e. The largest absolute Gasteiger partial charge is 0.459 e. The summed E-state index contributed by atoms with van der Waals surface area (Å²) in [6, 6.07) is 0. The van der Waals surface area contributed by atoms with Crippen LogP contribution in [0.5, 0.6) is 0 Å². The second-order valence-corrected chi connectivity index (χ2v) is 8.36. The van der Waals surface area contributed by atoms with Crippen LogP contribution in [0.1, 0.15) is 83.5 Å². The van der Waals surface area contributed by atoms with Gasteiger partial charge in [-0.25, -0.2) is 9.59 Å². The lowest BCUT2D eigenvalue weighted by atomic mass is 9.91. The highest BCUT2D eigenvalue weighted by atomic mass is 16.5. The normalized spacial score (nSPS) is 30.6. The van der Waals surface area contributed by atoms with Gasteiger partial charge < -0.3 is 9.47 Å². The molecule has 0 aromatic rings. The summed E-state index contributed by atoms with van der Waals surface area (Å²) in [5.41, 5.74) is 1.34. The molecule has 0 N–H and O–H groups in total. The van der Waals surface area contributed by atoms with Gasteiger partial charge in [-0.1, -0.05) is 12.8 Å². The molecule has 4 heteroatoms. The van der Waals surface area contributed by atoms with Crippen molar-refractivity contribution < 1.29 is 19.1 Å². The first kappa shape index (κ1) is 17.1. The molecule has 0 aromatic carbocycles. The predicted molar refractivity (Wildman–Crippen MR) is 93.8 cm³/mol. The van der Waals surface area contributed by atoms with E-state index in [0.717, 1.165) is 70.6 Å². The minimum atomic E-state index is -0.227. The molecule has 0 heterocycles.